The summed E-state index contributed by atoms with van der Waals surface area (Å²) >= 11 is 0. The lowest BCUT2D eigenvalue weighted by molar-refractivity contribution is -0.137. The molecule has 0 aliphatic carbocycles. The van der Waals surface area contributed by atoms with Crippen LogP contribution in [0, 0.1) is 0 Å². The molecule has 1 heterocycles. The van der Waals surface area contributed by atoms with Gasteiger partial charge in [0.2, 0.25) is 0 Å². The number of para-hydroxylation sites is 1. The lowest BCUT2D eigenvalue weighted by Crippen LogP contribution is -2.36. The minimum Gasteiger partial charge on any atom is -0.355 e. The molecule has 6 heteroatoms. The van der Waals surface area contributed by atoms with Crippen LogP contribution in [-0.2, 0) is 6.18 Å². The molecule has 2 aromatic rings. The van der Waals surface area contributed by atoms with Crippen molar-refractivity contribution in [3.63, 3.8) is 0 Å². The van der Waals surface area contributed by atoms with E-state index < -0.39 is 11.7 Å². The zero-order valence-corrected chi connectivity index (χ0v) is 14.1. The summed E-state index contributed by atoms with van der Waals surface area (Å²) in [7, 11) is 0. The van der Waals surface area contributed by atoms with Crippen molar-refractivity contribution >= 4 is 17.3 Å². The van der Waals surface area contributed by atoms with Crippen LogP contribution in [0.5, 0.6) is 0 Å². The highest BCUT2D eigenvalue weighted by atomic mass is 19.4. The molecule has 1 aliphatic heterocycles. The molecule has 136 valence electrons. The molecule has 3 rings (SSSR count). The third-order valence-electron chi connectivity index (χ3n) is 4.38. The summed E-state index contributed by atoms with van der Waals surface area (Å²) < 4.78 is 38.7. The fourth-order valence-corrected chi connectivity index (χ4v) is 2.90. The third kappa shape index (κ3) is 4.07. The van der Waals surface area contributed by atoms with E-state index in [-0.39, 0.29) is 11.6 Å². The summed E-state index contributed by atoms with van der Waals surface area (Å²) in [6, 6.07) is 11.8. The number of piperidine rings is 1. The first-order chi connectivity index (χ1) is 12.3. The Hall–Kier alpha value is -2.76. The highest BCUT2D eigenvalue weighted by molar-refractivity contribution is 6.00. The van der Waals surface area contributed by atoms with Crippen LogP contribution in [0.2, 0.25) is 0 Å². The van der Waals surface area contributed by atoms with Crippen LogP contribution < -0.4 is 5.32 Å². The van der Waals surface area contributed by atoms with Crippen molar-refractivity contribution in [3.05, 3.63) is 71.8 Å². The number of carbonyl (C=O) groups is 1. The van der Waals surface area contributed by atoms with E-state index in [2.05, 4.69) is 11.9 Å². The predicted molar refractivity (Wildman–Crippen MR) is 95.4 cm³/mol. The maximum atomic E-state index is 12.9. The second kappa shape index (κ2) is 7.23. The van der Waals surface area contributed by atoms with Crippen LogP contribution in [0.4, 0.5) is 24.5 Å². The minimum absolute atomic E-state index is 0.132. The average molecular weight is 360 g/mol. The first-order valence-electron chi connectivity index (χ1n) is 8.34. The van der Waals surface area contributed by atoms with Crippen molar-refractivity contribution in [3.8, 4) is 0 Å². The number of hydrogen-bond acceptors (Lipinski definition) is 2. The number of hydrogen-bond donors (Lipinski definition) is 1. The monoisotopic (exact) mass is 360 g/mol. The van der Waals surface area contributed by atoms with Gasteiger partial charge in [-0.05, 0) is 43.2 Å². The normalized spacial score (nSPS) is 15.0. The van der Waals surface area contributed by atoms with Crippen LogP contribution in [0.3, 0.4) is 0 Å². The topological polar surface area (TPSA) is 32.3 Å². The molecule has 0 aromatic heterocycles. The van der Waals surface area contributed by atoms with Gasteiger partial charge in [-0.15, -0.1) is 0 Å². The van der Waals surface area contributed by atoms with Crippen LogP contribution in [0.1, 0.15) is 28.8 Å². The molecule has 2 aromatic carbocycles. The van der Waals surface area contributed by atoms with E-state index in [0.717, 1.165) is 30.5 Å². The molecule has 26 heavy (non-hydrogen) atoms. The van der Waals surface area contributed by atoms with Gasteiger partial charge < -0.3 is 10.2 Å². The number of nitrogens with zero attached hydrogens (tertiary/aromatic N) is 1. The van der Waals surface area contributed by atoms with E-state index in [1.54, 1.807) is 35.2 Å². The molecule has 1 amide bonds. The second-order valence-electron chi connectivity index (χ2n) is 6.29. The molecule has 0 bridgehead atoms. The lowest BCUT2D eigenvalue weighted by atomic mass is 10.0. The number of carbonyl (C=O) groups excluding carboxylic acids is 1. The Balaban J connectivity index is 1.84. The molecule has 0 saturated carbocycles. The van der Waals surface area contributed by atoms with Gasteiger partial charge in [-0.1, -0.05) is 30.4 Å². The quantitative estimate of drug-likeness (QED) is 0.759. The van der Waals surface area contributed by atoms with Crippen LogP contribution in [-0.4, -0.2) is 23.9 Å². The third-order valence-corrected chi connectivity index (χ3v) is 4.38. The van der Waals surface area contributed by atoms with Gasteiger partial charge in [0.15, 0.2) is 0 Å². The fraction of sp³-hybridized carbons (Fsp3) is 0.250. The van der Waals surface area contributed by atoms with Gasteiger partial charge in [0.05, 0.1) is 16.8 Å². The maximum absolute atomic E-state index is 12.9. The Labute approximate surface area is 150 Å². The highest BCUT2D eigenvalue weighted by Crippen LogP contribution is 2.32. The molecule has 0 atom stereocenters. The van der Waals surface area contributed by atoms with Gasteiger partial charge in [-0.2, -0.15) is 13.2 Å². The summed E-state index contributed by atoms with van der Waals surface area (Å²) in [5.41, 5.74) is 1.61. The van der Waals surface area contributed by atoms with Gasteiger partial charge >= 0.3 is 6.18 Å². The summed E-state index contributed by atoms with van der Waals surface area (Å²) in [6.45, 7) is 5.15. The van der Waals surface area contributed by atoms with E-state index in [1.807, 2.05) is 0 Å². The van der Waals surface area contributed by atoms with Crippen LogP contribution in [0.25, 0.3) is 0 Å². The van der Waals surface area contributed by atoms with E-state index in [0.29, 0.717) is 24.3 Å². The van der Waals surface area contributed by atoms with Gasteiger partial charge in [0, 0.05) is 18.8 Å². The summed E-state index contributed by atoms with van der Waals surface area (Å²) in [4.78, 5) is 14.6. The van der Waals surface area contributed by atoms with E-state index >= 15 is 0 Å². The van der Waals surface area contributed by atoms with Gasteiger partial charge in [-0.25, -0.2) is 0 Å². The van der Waals surface area contributed by atoms with Crippen LogP contribution >= 0.6 is 0 Å². The predicted octanol–water partition coefficient (Wildman–Crippen LogP) is 5.24. The zero-order chi connectivity index (χ0) is 18.7. The smallest absolute Gasteiger partial charge is 0.355 e. The van der Waals surface area contributed by atoms with Crippen molar-refractivity contribution in [2.24, 2.45) is 0 Å². The fourth-order valence-electron chi connectivity index (χ4n) is 2.90. The first kappa shape index (κ1) is 18.0. The number of halogens is 3. The molecule has 0 unspecified atom stereocenters. The minimum atomic E-state index is -4.41. The maximum Gasteiger partial charge on any atom is 0.416 e. The number of amides is 1. The Morgan fingerprint density at radius 3 is 2.42 bits per heavy atom. The summed E-state index contributed by atoms with van der Waals surface area (Å²) in [6.07, 6.45) is -2.87. The molecule has 1 aliphatic rings. The highest BCUT2D eigenvalue weighted by Gasteiger charge is 2.30. The van der Waals surface area contributed by atoms with E-state index in [4.69, 9.17) is 0 Å². The van der Waals surface area contributed by atoms with Crippen molar-refractivity contribution in [2.75, 3.05) is 18.4 Å². The Morgan fingerprint density at radius 2 is 1.73 bits per heavy atom. The van der Waals surface area contributed by atoms with Crippen LogP contribution in [0.15, 0.2) is 60.7 Å². The number of anilines is 2. The SMILES string of the molecule is C=C1CCN(C(=O)c2ccccc2Nc2cccc(C(F)(F)F)c2)CC1. The van der Waals surface area contributed by atoms with E-state index in [1.165, 1.54) is 6.07 Å². The molecule has 1 saturated heterocycles. The van der Waals surface area contributed by atoms with Gasteiger partial charge in [0.1, 0.15) is 0 Å². The standard InChI is InChI=1S/C20H19F3N2O/c1-14-9-11-25(12-10-14)19(26)17-7-2-3-8-18(17)24-16-6-4-5-15(13-16)20(21,22)23/h2-8,13,24H,1,9-12H2. The average Bonchev–Trinajstić information content (AvgIpc) is 2.62. The Bertz CT molecular complexity index is 820. The first-order valence-corrected chi connectivity index (χ1v) is 8.34. The van der Waals surface area contributed by atoms with Crippen molar-refractivity contribution in [2.45, 2.75) is 19.0 Å². The van der Waals surface area contributed by atoms with Gasteiger partial charge in [-0.3, -0.25) is 4.79 Å². The van der Waals surface area contributed by atoms with E-state index in [9.17, 15) is 18.0 Å². The molecule has 0 radical (unpaired) electrons. The molecule has 1 N–H and O–H groups in total. The lowest BCUT2D eigenvalue weighted by Gasteiger charge is -2.28. The number of rotatable bonds is 3. The number of alkyl halides is 3. The summed E-state index contributed by atoms with van der Waals surface area (Å²) in [5, 5.41) is 2.95. The number of nitrogens with one attached hydrogen (secondary N) is 1. The second-order valence-corrected chi connectivity index (χ2v) is 6.29. The Kier molecular flexibility index (Phi) is 5.02. The largest absolute Gasteiger partial charge is 0.416 e. The van der Waals surface area contributed by atoms with Gasteiger partial charge in [0.25, 0.3) is 5.91 Å². The van der Waals surface area contributed by atoms with Crippen molar-refractivity contribution in [1.82, 2.24) is 4.90 Å². The zero-order valence-electron chi connectivity index (χ0n) is 14.1. The molecular formula is C20H19F3N2O. The molecular weight excluding hydrogens is 341 g/mol. The molecule has 3 nitrogen and oxygen atoms in total. The van der Waals surface area contributed by atoms with Crippen molar-refractivity contribution < 1.29 is 18.0 Å². The molecule has 0 spiro atoms. The Morgan fingerprint density at radius 1 is 1.04 bits per heavy atom. The van der Waals surface area contributed by atoms with Crippen molar-refractivity contribution in [1.29, 1.82) is 0 Å². The number of likely N-dealkylation sites (tertiary alicyclic amines) is 1. The summed E-state index contributed by atoms with van der Waals surface area (Å²) in [5.74, 6) is -0.132. The number of benzene rings is 2. The molecule has 1 fully saturated rings.